The van der Waals surface area contributed by atoms with Crippen LogP contribution in [0.2, 0.25) is 0 Å². The third kappa shape index (κ3) is 2.89. The van der Waals surface area contributed by atoms with Crippen molar-refractivity contribution in [2.24, 2.45) is 0 Å². The highest BCUT2D eigenvalue weighted by atomic mass is 79.9. The highest BCUT2D eigenvalue weighted by Crippen LogP contribution is 2.37. The van der Waals surface area contributed by atoms with Gasteiger partial charge in [0.05, 0.1) is 7.11 Å². The Bertz CT molecular complexity index is 411. The van der Waals surface area contributed by atoms with E-state index in [2.05, 4.69) is 47.2 Å². The largest absolute Gasteiger partial charge is 0.496 e. The second-order valence-corrected chi connectivity index (χ2v) is 6.17. The maximum atomic E-state index is 5.60. The Morgan fingerprint density at radius 3 is 2.72 bits per heavy atom. The molecule has 1 aromatic carbocycles. The van der Waals surface area contributed by atoms with Crippen molar-refractivity contribution in [2.75, 3.05) is 20.2 Å². The number of ether oxygens (including phenoxy) is 1. The molecule has 1 aromatic rings. The molecule has 0 aliphatic carbocycles. The molecule has 1 N–H and O–H groups in total. The quantitative estimate of drug-likeness (QED) is 0.909. The first-order chi connectivity index (χ1) is 8.63. The third-order valence-corrected chi connectivity index (χ3v) is 4.39. The van der Waals surface area contributed by atoms with Crippen LogP contribution in [0.4, 0.5) is 0 Å². The zero-order chi connectivity index (χ0) is 13.1. The van der Waals surface area contributed by atoms with Gasteiger partial charge in [-0.1, -0.05) is 29.8 Å². The van der Waals surface area contributed by atoms with Gasteiger partial charge in [0.1, 0.15) is 5.75 Å². The predicted molar refractivity (Wildman–Crippen MR) is 79.6 cm³/mol. The highest BCUT2D eigenvalue weighted by molar-refractivity contribution is 9.10. The van der Waals surface area contributed by atoms with Gasteiger partial charge in [-0.3, -0.25) is 0 Å². The molecule has 1 aliphatic rings. The molecule has 100 valence electrons. The van der Waals surface area contributed by atoms with E-state index in [0.717, 1.165) is 18.8 Å². The maximum Gasteiger partial charge on any atom is 0.122 e. The van der Waals surface area contributed by atoms with Gasteiger partial charge in [0.15, 0.2) is 0 Å². The molecule has 1 fully saturated rings. The van der Waals surface area contributed by atoms with E-state index < -0.39 is 0 Å². The van der Waals surface area contributed by atoms with Crippen molar-refractivity contribution >= 4 is 15.9 Å². The van der Waals surface area contributed by atoms with Crippen LogP contribution in [0.15, 0.2) is 16.6 Å². The number of rotatable bonds is 3. The van der Waals surface area contributed by atoms with Crippen LogP contribution < -0.4 is 10.1 Å². The molecule has 2 nitrogen and oxygen atoms in total. The second kappa shape index (κ2) is 6.07. The molecule has 18 heavy (non-hydrogen) atoms. The molecular formula is C15H22BrNO. The van der Waals surface area contributed by atoms with Gasteiger partial charge in [-0.2, -0.15) is 0 Å². The monoisotopic (exact) mass is 311 g/mol. The summed E-state index contributed by atoms with van der Waals surface area (Å²) in [5.41, 5.74) is 2.65. The Morgan fingerprint density at radius 1 is 1.39 bits per heavy atom. The zero-order valence-electron chi connectivity index (χ0n) is 11.4. The van der Waals surface area contributed by atoms with E-state index in [0.29, 0.717) is 11.8 Å². The SMILES string of the molecule is COc1cc(C(C)C)c(Br)cc1C1CCCNC1. The van der Waals surface area contributed by atoms with E-state index in [1.165, 1.54) is 28.4 Å². The number of methoxy groups -OCH3 is 1. The summed E-state index contributed by atoms with van der Waals surface area (Å²) in [6.45, 7) is 6.62. The van der Waals surface area contributed by atoms with Crippen molar-refractivity contribution in [3.63, 3.8) is 0 Å². The molecule has 0 saturated carbocycles. The Morgan fingerprint density at radius 2 is 2.17 bits per heavy atom. The van der Waals surface area contributed by atoms with Crippen molar-refractivity contribution in [1.82, 2.24) is 5.32 Å². The fourth-order valence-corrected chi connectivity index (χ4v) is 3.46. The minimum atomic E-state index is 0.506. The molecule has 1 saturated heterocycles. The summed E-state index contributed by atoms with van der Waals surface area (Å²) in [6.07, 6.45) is 2.49. The number of halogens is 1. The van der Waals surface area contributed by atoms with Crippen molar-refractivity contribution in [2.45, 2.75) is 38.5 Å². The van der Waals surface area contributed by atoms with E-state index >= 15 is 0 Å². The summed E-state index contributed by atoms with van der Waals surface area (Å²) in [5, 5.41) is 3.47. The van der Waals surface area contributed by atoms with Crippen LogP contribution in [-0.4, -0.2) is 20.2 Å². The van der Waals surface area contributed by atoms with Crippen molar-refractivity contribution in [3.05, 3.63) is 27.7 Å². The summed E-state index contributed by atoms with van der Waals surface area (Å²) >= 11 is 3.70. The average Bonchev–Trinajstić information content (AvgIpc) is 2.39. The Labute approximate surface area is 118 Å². The Hall–Kier alpha value is -0.540. The van der Waals surface area contributed by atoms with E-state index in [1.807, 2.05) is 0 Å². The highest BCUT2D eigenvalue weighted by Gasteiger charge is 2.21. The summed E-state index contributed by atoms with van der Waals surface area (Å²) < 4.78 is 6.80. The van der Waals surface area contributed by atoms with Crippen LogP contribution in [0.1, 0.15) is 49.7 Å². The molecule has 0 spiro atoms. The standard InChI is InChI=1S/C15H22BrNO/c1-10(2)12-8-15(18-3)13(7-14(12)16)11-5-4-6-17-9-11/h7-8,10-11,17H,4-6,9H2,1-3H3. The normalized spacial score (nSPS) is 20.2. The van der Waals surface area contributed by atoms with Crippen molar-refractivity contribution in [3.8, 4) is 5.75 Å². The van der Waals surface area contributed by atoms with Crippen molar-refractivity contribution < 1.29 is 4.74 Å². The Kier molecular flexibility index (Phi) is 4.68. The second-order valence-electron chi connectivity index (χ2n) is 5.31. The summed E-state index contributed by atoms with van der Waals surface area (Å²) in [5.74, 6) is 2.12. The molecular weight excluding hydrogens is 290 g/mol. The van der Waals surface area contributed by atoms with E-state index in [9.17, 15) is 0 Å². The van der Waals surface area contributed by atoms with Gasteiger partial charge in [-0.25, -0.2) is 0 Å². The van der Waals surface area contributed by atoms with Crippen LogP contribution in [-0.2, 0) is 0 Å². The van der Waals surface area contributed by atoms with Gasteiger partial charge in [-0.05, 0) is 48.6 Å². The van der Waals surface area contributed by atoms with Crippen LogP contribution in [0.25, 0.3) is 0 Å². The van der Waals surface area contributed by atoms with Crippen LogP contribution >= 0.6 is 15.9 Å². The maximum absolute atomic E-state index is 5.60. The first-order valence-electron chi connectivity index (χ1n) is 6.71. The number of nitrogens with one attached hydrogen (secondary N) is 1. The lowest BCUT2D eigenvalue weighted by molar-refractivity contribution is 0.391. The average molecular weight is 312 g/mol. The van der Waals surface area contributed by atoms with E-state index in [1.54, 1.807) is 7.11 Å². The fraction of sp³-hybridized carbons (Fsp3) is 0.600. The first-order valence-corrected chi connectivity index (χ1v) is 7.50. The first kappa shape index (κ1) is 13.9. The van der Waals surface area contributed by atoms with Gasteiger partial charge in [0.2, 0.25) is 0 Å². The third-order valence-electron chi connectivity index (χ3n) is 3.71. The molecule has 1 unspecified atom stereocenters. The van der Waals surface area contributed by atoms with Gasteiger partial charge in [-0.15, -0.1) is 0 Å². The van der Waals surface area contributed by atoms with E-state index in [-0.39, 0.29) is 0 Å². The van der Waals surface area contributed by atoms with Crippen LogP contribution in [0.3, 0.4) is 0 Å². The number of hydrogen-bond acceptors (Lipinski definition) is 2. The topological polar surface area (TPSA) is 21.3 Å². The number of benzene rings is 1. The number of piperidine rings is 1. The lowest BCUT2D eigenvalue weighted by atomic mass is 9.89. The summed E-state index contributed by atoms with van der Waals surface area (Å²) in [6, 6.07) is 4.45. The molecule has 3 heteroatoms. The fourth-order valence-electron chi connectivity index (χ4n) is 2.64. The van der Waals surface area contributed by atoms with Gasteiger partial charge in [0.25, 0.3) is 0 Å². The lowest BCUT2D eigenvalue weighted by Crippen LogP contribution is -2.28. The molecule has 0 bridgehead atoms. The predicted octanol–water partition coefficient (Wildman–Crippen LogP) is 4.05. The minimum Gasteiger partial charge on any atom is -0.496 e. The van der Waals surface area contributed by atoms with Gasteiger partial charge >= 0.3 is 0 Å². The molecule has 1 aliphatic heterocycles. The summed E-state index contributed by atoms with van der Waals surface area (Å²) in [7, 11) is 1.77. The smallest absolute Gasteiger partial charge is 0.122 e. The van der Waals surface area contributed by atoms with E-state index in [4.69, 9.17) is 4.74 Å². The summed E-state index contributed by atoms with van der Waals surface area (Å²) in [4.78, 5) is 0. The minimum absolute atomic E-state index is 0.506. The lowest BCUT2D eigenvalue weighted by Gasteiger charge is -2.26. The number of hydrogen-bond donors (Lipinski definition) is 1. The molecule has 0 radical (unpaired) electrons. The van der Waals surface area contributed by atoms with Gasteiger partial charge in [0, 0.05) is 16.9 Å². The van der Waals surface area contributed by atoms with Crippen molar-refractivity contribution in [1.29, 1.82) is 0 Å². The molecule has 2 rings (SSSR count). The Balaban J connectivity index is 2.37. The molecule has 0 aromatic heterocycles. The molecule has 0 amide bonds. The zero-order valence-corrected chi connectivity index (χ0v) is 13.0. The van der Waals surface area contributed by atoms with Crippen LogP contribution in [0.5, 0.6) is 5.75 Å². The van der Waals surface area contributed by atoms with Gasteiger partial charge < -0.3 is 10.1 Å². The molecule has 1 atom stereocenters. The molecule has 1 heterocycles. The van der Waals surface area contributed by atoms with Crippen LogP contribution in [0, 0.1) is 0 Å².